The predicted molar refractivity (Wildman–Crippen MR) is 70.1 cm³/mol. The van der Waals surface area contributed by atoms with Crippen LogP contribution in [0.1, 0.15) is 37.3 Å². The summed E-state index contributed by atoms with van der Waals surface area (Å²) in [5.74, 6) is 1.72. The number of fused-ring (bicyclic) bond motifs is 1. The van der Waals surface area contributed by atoms with Crippen molar-refractivity contribution in [2.75, 3.05) is 6.54 Å². The first kappa shape index (κ1) is 11.7. The minimum Gasteiger partial charge on any atom is -0.352 e. The van der Waals surface area contributed by atoms with E-state index in [1.807, 2.05) is 6.07 Å². The molecule has 1 saturated carbocycles. The molecule has 2 nitrogen and oxygen atoms in total. The molecule has 0 saturated heterocycles. The van der Waals surface area contributed by atoms with Crippen LogP contribution in [-0.4, -0.2) is 17.3 Å². The van der Waals surface area contributed by atoms with Gasteiger partial charge in [0.1, 0.15) is 11.7 Å². The molecule has 1 aromatic carbocycles. The van der Waals surface area contributed by atoms with Crippen LogP contribution in [0.3, 0.4) is 0 Å². The maximum Gasteiger partial charge on any atom is 0.128 e. The van der Waals surface area contributed by atoms with Gasteiger partial charge in [0.05, 0.1) is 0 Å². The van der Waals surface area contributed by atoms with Crippen molar-refractivity contribution in [3.63, 3.8) is 0 Å². The van der Waals surface area contributed by atoms with Crippen LogP contribution >= 0.6 is 0 Å². The van der Waals surface area contributed by atoms with Gasteiger partial charge in [-0.15, -0.1) is 0 Å². The van der Waals surface area contributed by atoms with E-state index in [-0.39, 0.29) is 5.82 Å². The van der Waals surface area contributed by atoms with E-state index in [4.69, 9.17) is 5.41 Å². The first-order chi connectivity index (χ1) is 8.65. The molecule has 96 valence electrons. The third kappa shape index (κ3) is 1.92. The minimum atomic E-state index is -0.241. The van der Waals surface area contributed by atoms with Crippen LogP contribution in [0.15, 0.2) is 18.2 Å². The third-order valence-electron chi connectivity index (χ3n) is 4.50. The zero-order valence-electron chi connectivity index (χ0n) is 10.7. The van der Waals surface area contributed by atoms with Crippen LogP contribution in [0.2, 0.25) is 0 Å². The van der Waals surface area contributed by atoms with Gasteiger partial charge in [-0.05, 0) is 36.0 Å². The normalized spacial score (nSPS) is 26.8. The fraction of sp³-hybridized carbons (Fsp3) is 0.533. The number of hydrogen-bond acceptors (Lipinski definition) is 1. The van der Waals surface area contributed by atoms with Crippen LogP contribution in [0.5, 0.6) is 0 Å². The molecule has 1 fully saturated rings. The highest BCUT2D eigenvalue weighted by Gasteiger charge is 2.30. The van der Waals surface area contributed by atoms with Gasteiger partial charge in [-0.3, -0.25) is 5.41 Å². The maximum atomic E-state index is 13.2. The molecule has 1 aliphatic carbocycles. The van der Waals surface area contributed by atoms with E-state index in [2.05, 4.69) is 11.8 Å². The average Bonchev–Trinajstić information content (AvgIpc) is 2.87. The summed E-state index contributed by atoms with van der Waals surface area (Å²) >= 11 is 0. The molecule has 0 amide bonds. The van der Waals surface area contributed by atoms with E-state index in [0.717, 1.165) is 30.1 Å². The molecule has 1 aromatic rings. The van der Waals surface area contributed by atoms with Gasteiger partial charge in [0, 0.05) is 18.7 Å². The van der Waals surface area contributed by atoms with Crippen molar-refractivity contribution in [2.24, 2.45) is 11.8 Å². The topological polar surface area (TPSA) is 27.1 Å². The molecule has 0 radical (unpaired) electrons. The highest BCUT2D eigenvalue weighted by Crippen LogP contribution is 2.34. The lowest BCUT2D eigenvalue weighted by Gasteiger charge is -2.24. The SMILES string of the molecule is CC1CCCC1CN1Cc2ccc(F)cc2C1=N. The summed E-state index contributed by atoms with van der Waals surface area (Å²) in [6, 6.07) is 4.81. The van der Waals surface area contributed by atoms with E-state index in [9.17, 15) is 4.39 Å². The van der Waals surface area contributed by atoms with Crippen molar-refractivity contribution in [1.82, 2.24) is 4.90 Å². The Morgan fingerprint density at radius 1 is 1.39 bits per heavy atom. The van der Waals surface area contributed by atoms with Crippen molar-refractivity contribution < 1.29 is 4.39 Å². The summed E-state index contributed by atoms with van der Waals surface area (Å²) in [6.07, 6.45) is 3.90. The molecule has 18 heavy (non-hydrogen) atoms. The molecule has 1 aliphatic heterocycles. The van der Waals surface area contributed by atoms with Crippen molar-refractivity contribution in [3.05, 3.63) is 35.1 Å². The summed E-state index contributed by atoms with van der Waals surface area (Å²) in [5.41, 5.74) is 1.87. The first-order valence-corrected chi connectivity index (χ1v) is 6.77. The Morgan fingerprint density at radius 2 is 2.22 bits per heavy atom. The lowest BCUT2D eigenvalue weighted by molar-refractivity contribution is 0.298. The highest BCUT2D eigenvalue weighted by molar-refractivity contribution is 6.00. The van der Waals surface area contributed by atoms with Gasteiger partial charge in [-0.25, -0.2) is 4.39 Å². The molecule has 2 aliphatic rings. The van der Waals surface area contributed by atoms with E-state index in [1.54, 1.807) is 0 Å². The summed E-state index contributed by atoms with van der Waals surface area (Å²) in [4.78, 5) is 2.11. The summed E-state index contributed by atoms with van der Waals surface area (Å²) in [6.45, 7) is 4.04. The molecule has 1 heterocycles. The number of amidine groups is 1. The Morgan fingerprint density at radius 3 is 2.94 bits per heavy atom. The highest BCUT2D eigenvalue weighted by atomic mass is 19.1. The molecule has 2 atom stereocenters. The number of rotatable bonds is 2. The molecular formula is C15H19FN2. The van der Waals surface area contributed by atoms with Gasteiger partial charge in [0.25, 0.3) is 0 Å². The third-order valence-corrected chi connectivity index (χ3v) is 4.50. The van der Waals surface area contributed by atoms with E-state index in [0.29, 0.717) is 11.8 Å². The Hall–Kier alpha value is -1.38. The number of nitrogens with one attached hydrogen (secondary N) is 1. The molecule has 1 N–H and O–H groups in total. The molecule has 2 unspecified atom stereocenters. The number of hydrogen-bond donors (Lipinski definition) is 1. The zero-order chi connectivity index (χ0) is 12.7. The van der Waals surface area contributed by atoms with Gasteiger partial charge in [-0.1, -0.05) is 25.8 Å². The van der Waals surface area contributed by atoms with Crippen LogP contribution in [0.4, 0.5) is 4.39 Å². The molecule has 0 spiro atoms. The molecule has 3 heteroatoms. The van der Waals surface area contributed by atoms with Crippen molar-refractivity contribution in [3.8, 4) is 0 Å². The second-order valence-corrected chi connectivity index (χ2v) is 5.70. The first-order valence-electron chi connectivity index (χ1n) is 6.77. The van der Waals surface area contributed by atoms with Crippen LogP contribution < -0.4 is 0 Å². The van der Waals surface area contributed by atoms with Crippen molar-refractivity contribution >= 4 is 5.84 Å². The minimum absolute atomic E-state index is 0.241. The lowest BCUT2D eigenvalue weighted by Crippen LogP contribution is -2.30. The number of benzene rings is 1. The standard InChI is InChI=1S/C15H19FN2/c1-10-3-2-4-11(10)8-18-9-12-5-6-13(16)7-14(12)15(18)17/h5-7,10-11,17H,2-4,8-9H2,1H3. The van der Waals surface area contributed by atoms with E-state index in [1.165, 1.54) is 31.4 Å². The van der Waals surface area contributed by atoms with E-state index >= 15 is 0 Å². The van der Waals surface area contributed by atoms with Crippen LogP contribution in [0, 0.1) is 23.1 Å². The lowest BCUT2D eigenvalue weighted by atomic mass is 9.98. The molecular weight excluding hydrogens is 227 g/mol. The van der Waals surface area contributed by atoms with Gasteiger partial charge >= 0.3 is 0 Å². The van der Waals surface area contributed by atoms with Crippen LogP contribution in [-0.2, 0) is 6.54 Å². The second-order valence-electron chi connectivity index (χ2n) is 5.70. The van der Waals surface area contributed by atoms with E-state index < -0.39 is 0 Å². The van der Waals surface area contributed by atoms with Gasteiger partial charge in [0.15, 0.2) is 0 Å². The smallest absolute Gasteiger partial charge is 0.128 e. The van der Waals surface area contributed by atoms with Gasteiger partial charge in [-0.2, -0.15) is 0 Å². The molecule has 3 rings (SSSR count). The fourth-order valence-corrected chi connectivity index (χ4v) is 3.29. The van der Waals surface area contributed by atoms with Gasteiger partial charge < -0.3 is 4.90 Å². The number of nitrogens with zero attached hydrogens (tertiary/aromatic N) is 1. The quantitative estimate of drug-likeness (QED) is 0.850. The number of halogens is 1. The monoisotopic (exact) mass is 246 g/mol. The Bertz CT molecular complexity index is 483. The zero-order valence-corrected chi connectivity index (χ0v) is 10.7. The maximum absolute atomic E-state index is 13.2. The second kappa shape index (κ2) is 4.38. The predicted octanol–water partition coefficient (Wildman–Crippen LogP) is 3.40. The van der Waals surface area contributed by atoms with Crippen LogP contribution in [0.25, 0.3) is 0 Å². The van der Waals surface area contributed by atoms with Crippen molar-refractivity contribution in [1.29, 1.82) is 5.41 Å². The van der Waals surface area contributed by atoms with Crippen molar-refractivity contribution in [2.45, 2.75) is 32.7 Å². The Labute approximate surface area is 107 Å². The summed E-state index contributed by atoms with van der Waals surface area (Å²) < 4.78 is 13.2. The largest absolute Gasteiger partial charge is 0.352 e. The fourth-order valence-electron chi connectivity index (χ4n) is 3.29. The summed E-state index contributed by atoms with van der Waals surface area (Å²) in [5, 5.41) is 8.17. The van der Waals surface area contributed by atoms with Gasteiger partial charge in [0.2, 0.25) is 0 Å². The molecule has 0 aromatic heterocycles. The Kier molecular flexibility index (Phi) is 2.84. The molecule has 0 bridgehead atoms. The summed E-state index contributed by atoms with van der Waals surface area (Å²) in [7, 11) is 0. The average molecular weight is 246 g/mol. The Balaban J connectivity index is 1.76.